The van der Waals surface area contributed by atoms with Crippen LogP contribution in [0.4, 0.5) is 10.2 Å². The fourth-order valence-corrected chi connectivity index (χ4v) is 3.33. The number of hydrogen-bond acceptors (Lipinski definition) is 3. The van der Waals surface area contributed by atoms with Gasteiger partial charge in [-0.1, -0.05) is 52.3 Å². The minimum atomic E-state index is -0.409. The lowest BCUT2D eigenvalue weighted by Crippen LogP contribution is -2.39. The van der Waals surface area contributed by atoms with Crippen LogP contribution in [0.5, 0.6) is 0 Å². The molecule has 0 bridgehead atoms. The first kappa shape index (κ1) is 24.2. The summed E-state index contributed by atoms with van der Waals surface area (Å²) in [6.45, 7) is 8.53. The number of rotatable bonds is 8. The van der Waals surface area contributed by atoms with Crippen LogP contribution < -0.4 is 5.32 Å². The highest BCUT2D eigenvalue weighted by Crippen LogP contribution is 2.26. The van der Waals surface area contributed by atoms with Gasteiger partial charge in [-0.3, -0.25) is 9.59 Å². The number of nitrogens with zero attached hydrogens (tertiary/aromatic N) is 3. The minimum Gasteiger partial charge on any atom is -0.329 e. The molecular formula is C26H31FN4O2. The van der Waals surface area contributed by atoms with Gasteiger partial charge in [-0.15, -0.1) is 0 Å². The molecular weight excluding hydrogens is 419 g/mol. The second-order valence-electron chi connectivity index (χ2n) is 9.05. The number of nitrogens with one attached hydrogen (secondary N) is 1. The molecule has 0 aliphatic heterocycles. The van der Waals surface area contributed by atoms with Crippen molar-refractivity contribution in [3.63, 3.8) is 0 Å². The molecule has 2 aromatic carbocycles. The molecule has 3 rings (SSSR count). The SMILES string of the molecule is CCCCN(CC(=O)Nc1cc(C(C)(C)C)nn1-c1ccccc1)C(=O)c1ccc(F)cc1. The maximum atomic E-state index is 13.3. The Morgan fingerprint density at radius 3 is 2.33 bits per heavy atom. The Morgan fingerprint density at radius 2 is 1.73 bits per heavy atom. The Morgan fingerprint density at radius 1 is 1.06 bits per heavy atom. The molecule has 6 nitrogen and oxygen atoms in total. The van der Waals surface area contributed by atoms with Crippen molar-refractivity contribution in [2.45, 2.75) is 46.0 Å². The topological polar surface area (TPSA) is 67.2 Å². The van der Waals surface area contributed by atoms with E-state index in [2.05, 4.69) is 26.1 Å². The Labute approximate surface area is 194 Å². The molecule has 1 aromatic heterocycles. The lowest BCUT2D eigenvalue weighted by atomic mass is 9.92. The molecule has 0 spiro atoms. The summed E-state index contributed by atoms with van der Waals surface area (Å²) < 4.78 is 15.0. The molecule has 33 heavy (non-hydrogen) atoms. The normalized spacial score (nSPS) is 11.3. The number of para-hydroxylation sites is 1. The summed E-state index contributed by atoms with van der Waals surface area (Å²) in [5.74, 6) is -0.487. The zero-order valence-electron chi connectivity index (χ0n) is 19.6. The zero-order valence-corrected chi connectivity index (χ0v) is 19.6. The number of anilines is 1. The van der Waals surface area contributed by atoms with Crippen molar-refractivity contribution in [3.05, 3.63) is 77.7 Å². The standard InChI is InChI=1S/C26H31FN4O2/c1-5-6-16-30(25(33)19-12-14-20(27)15-13-19)18-24(32)28-23-17-22(26(2,3)4)29-31(23)21-10-8-7-9-11-21/h7-15,17H,5-6,16,18H2,1-4H3,(H,28,32). The molecule has 0 saturated carbocycles. The molecule has 174 valence electrons. The molecule has 1 heterocycles. The van der Waals surface area contributed by atoms with Crippen LogP contribution in [0.15, 0.2) is 60.7 Å². The number of hydrogen-bond donors (Lipinski definition) is 1. The van der Waals surface area contributed by atoms with E-state index in [-0.39, 0.29) is 23.8 Å². The molecule has 0 unspecified atom stereocenters. The smallest absolute Gasteiger partial charge is 0.254 e. The van der Waals surface area contributed by atoms with E-state index >= 15 is 0 Å². The highest BCUT2D eigenvalue weighted by Gasteiger charge is 2.23. The zero-order chi connectivity index (χ0) is 24.0. The molecule has 0 aliphatic carbocycles. The molecule has 0 atom stereocenters. The van der Waals surface area contributed by atoms with Crippen LogP contribution >= 0.6 is 0 Å². The van der Waals surface area contributed by atoms with Crippen LogP contribution in [-0.2, 0) is 10.2 Å². The Bertz CT molecular complexity index is 1090. The Hall–Kier alpha value is -3.48. The molecule has 3 aromatic rings. The quantitative estimate of drug-likeness (QED) is 0.514. The number of unbranched alkanes of at least 4 members (excludes halogenated alkanes) is 1. The maximum Gasteiger partial charge on any atom is 0.254 e. The fraction of sp³-hybridized carbons (Fsp3) is 0.346. The molecule has 2 amide bonds. The van der Waals surface area contributed by atoms with Gasteiger partial charge in [0.2, 0.25) is 5.91 Å². The lowest BCUT2D eigenvalue weighted by molar-refractivity contribution is -0.117. The summed E-state index contributed by atoms with van der Waals surface area (Å²) in [5.41, 5.74) is 1.82. The van der Waals surface area contributed by atoms with Gasteiger partial charge < -0.3 is 10.2 Å². The van der Waals surface area contributed by atoms with Crippen LogP contribution in [0.1, 0.15) is 56.6 Å². The summed E-state index contributed by atoms with van der Waals surface area (Å²) >= 11 is 0. The molecule has 1 N–H and O–H groups in total. The van der Waals surface area contributed by atoms with E-state index in [1.807, 2.05) is 43.3 Å². The number of halogens is 1. The van der Waals surface area contributed by atoms with Crippen molar-refractivity contribution in [3.8, 4) is 5.69 Å². The van der Waals surface area contributed by atoms with Crippen molar-refractivity contribution >= 4 is 17.6 Å². The van der Waals surface area contributed by atoms with Crippen molar-refractivity contribution < 1.29 is 14.0 Å². The van der Waals surface area contributed by atoms with E-state index in [0.29, 0.717) is 17.9 Å². The summed E-state index contributed by atoms with van der Waals surface area (Å²) in [6, 6.07) is 16.8. The Kier molecular flexibility index (Phi) is 7.63. The maximum absolute atomic E-state index is 13.3. The number of amides is 2. The third-order valence-corrected chi connectivity index (χ3v) is 5.24. The molecule has 7 heteroatoms. The van der Waals surface area contributed by atoms with Gasteiger partial charge in [0.05, 0.1) is 11.4 Å². The van der Waals surface area contributed by atoms with Gasteiger partial charge in [0.1, 0.15) is 18.2 Å². The first-order chi connectivity index (χ1) is 15.7. The number of carbonyl (C=O) groups excluding carboxylic acids is 2. The van der Waals surface area contributed by atoms with E-state index in [4.69, 9.17) is 5.10 Å². The lowest BCUT2D eigenvalue weighted by Gasteiger charge is -2.22. The second kappa shape index (κ2) is 10.4. The highest BCUT2D eigenvalue weighted by atomic mass is 19.1. The van der Waals surface area contributed by atoms with Gasteiger partial charge in [0.15, 0.2) is 0 Å². The summed E-state index contributed by atoms with van der Waals surface area (Å²) in [6.07, 6.45) is 1.64. The summed E-state index contributed by atoms with van der Waals surface area (Å²) in [7, 11) is 0. The van der Waals surface area contributed by atoms with E-state index in [9.17, 15) is 14.0 Å². The molecule has 0 fully saturated rings. The van der Waals surface area contributed by atoms with Gasteiger partial charge in [0.25, 0.3) is 5.91 Å². The predicted molar refractivity (Wildman–Crippen MR) is 128 cm³/mol. The third kappa shape index (κ3) is 6.28. The van der Waals surface area contributed by atoms with Crippen molar-refractivity contribution in [1.29, 1.82) is 0 Å². The van der Waals surface area contributed by atoms with Crippen LogP contribution in [-0.4, -0.2) is 39.6 Å². The largest absolute Gasteiger partial charge is 0.329 e. The first-order valence-electron chi connectivity index (χ1n) is 11.2. The molecule has 0 saturated heterocycles. The van der Waals surface area contributed by atoms with E-state index in [1.54, 1.807) is 4.68 Å². The Balaban J connectivity index is 1.83. The van der Waals surface area contributed by atoms with Gasteiger partial charge in [-0.25, -0.2) is 9.07 Å². The van der Waals surface area contributed by atoms with E-state index in [1.165, 1.54) is 29.2 Å². The third-order valence-electron chi connectivity index (χ3n) is 5.24. The summed E-state index contributed by atoms with van der Waals surface area (Å²) in [5, 5.41) is 7.64. The van der Waals surface area contributed by atoms with Gasteiger partial charge >= 0.3 is 0 Å². The van der Waals surface area contributed by atoms with Crippen molar-refractivity contribution in [2.75, 3.05) is 18.4 Å². The average Bonchev–Trinajstić information content (AvgIpc) is 3.21. The fourth-order valence-electron chi connectivity index (χ4n) is 3.33. The van der Waals surface area contributed by atoms with E-state index in [0.717, 1.165) is 24.2 Å². The minimum absolute atomic E-state index is 0.110. The van der Waals surface area contributed by atoms with Crippen LogP contribution in [0, 0.1) is 5.82 Å². The monoisotopic (exact) mass is 450 g/mol. The predicted octanol–water partition coefficient (Wildman–Crippen LogP) is 5.19. The number of carbonyl (C=O) groups is 2. The molecule has 0 radical (unpaired) electrons. The van der Waals surface area contributed by atoms with Gasteiger partial charge in [-0.05, 0) is 42.8 Å². The second-order valence-corrected chi connectivity index (χ2v) is 9.05. The van der Waals surface area contributed by atoms with Crippen molar-refractivity contribution in [1.82, 2.24) is 14.7 Å². The van der Waals surface area contributed by atoms with E-state index < -0.39 is 5.82 Å². The van der Waals surface area contributed by atoms with Crippen LogP contribution in [0.2, 0.25) is 0 Å². The van der Waals surface area contributed by atoms with Gasteiger partial charge in [0, 0.05) is 23.6 Å². The molecule has 0 aliphatic rings. The number of aromatic nitrogens is 2. The van der Waals surface area contributed by atoms with Crippen LogP contribution in [0.3, 0.4) is 0 Å². The summed E-state index contributed by atoms with van der Waals surface area (Å²) in [4.78, 5) is 27.5. The van der Waals surface area contributed by atoms with Crippen LogP contribution in [0.25, 0.3) is 5.69 Å². The number of benzene rings is 2. The average molecular weight is 451 g/mol. The van der Waals surface area contributed by atoms with Gasteiger partial charge in [-0.2, -0.15) is 5.10 Å². The first-order valence-corrected chi connectivity index (χ1v) is 11.2. The highest BCUT2D eigenvalue weighted by molar-refractivity contribution is 5.99. The van der Waals surface area contributed by atoms with Crippen molar-refractivity contribution in [2.24, 2.45) is 0 Å².